The van der Waals surface area contributed by atoms with E-state index in [9.17, 15) is 13.6 Å². The van der Waals surface area contributed by atoms with Crippen LogP contribution in [-0.4, -0.2) is 60.0 Å². The number of hydrogen-bond acceptors (Lipinski definition) is 3. The number of aromatic nitrogens is 1. The first-order valence-corrected chi connectivity index (χ1v) is 13.5. The van der Waals surface area contributed by atoms with E-state index in [2.05, 4.69) is 15.2 Å². The van der Waals surface area contributed by atoms with E-state index in [-0.39, 0.29) is 23.6 Å². The molecular weight excluding hydrogens is 470 g/mol. The van der Waals surface area contributed by atoms with Crippen molar-refractivity contribution in [1.82, 2.24) is 20.1 Å². The standard InChI is InChI=1S/C30H36F2N4O/c1-33-20-27(22-5-4-6-24(31)17-22)21-10-14-35(15-11-21)16-12-26-7-2-3-13-36(26)30(37)29-19-23-18-25(32)8-9-28(23)34-29/h4-6,8-9,17-21,26,33-34H,2-3,7,10-16H2,1H3/b27-20-/t26-/m0/s1. The highest BCUT2D eigenvalue weighted by Gasteiger charge is 2.30. The van der Waals surface area contributed by atoms with Gasteiger partial charge in [0.05, 0.1) is 0 Å². The summed E-state index contributed by atoms with van der Waals surface area (Å²) in [4.78, 5) is 21.1. The van der Waals surface area contributed by atoms with Gasteiger partial charge in [-0.3, -0.25) is 4.79 Å². The number of nitrogens with one attached hydrogen (secondary N) is 2. The van der Waals surface area contributed by atoms with Gasteiger partial charge in [-0.15, -0.1) is 0 Å². The molecule has 2 aliphatic rings. The molecule has 0 aliphatic carbocycles. The molecule has 0 unspecified atom stereocenters. The second-order valence-electron chi connectivity index (χ2n) is 10.4. The van der Waals surface area contributed by atoms with Gasteiger partial charge < -0.3 is 20.1 Å². The Morgan fingerprint density at radius 3 is 2.62 bits per heavy atom. The number of aromatic amines is 1. The Hall–Kier alpha value is -3.19. The van der Waals surface area contributed by atoms with E-state index in [1.807, 2.05) is 24.2 Å². The molecule has 2 aliphatic heterocycles. The lowest BCUT2D eigenvalue weighted by Crippen LogP contribution is -2.46. The van der Waals surface area contributed by atoms with Crippen molar-refractivity contribution < 1.29 is 13.6 Å². The minimum Gasteiger partial charge on any atom is -0.394 e. The maximum atomic E-state index is 13.8. The topological polar surface area (TPSA) is 51.4 Å². The van der Waals surface area contributed by atoms with Crippen molar-refractivity contribution in [2.45, 2.75) is 44.6 Å². The van der Waals surface area contributed by atoms with E-state index >= 15 is 0 Å². The van der Waals surface area contributed by atoms with Crippen LogP contribution >= 0.6 is 0 Å². The van der Waals surface area contributed by atoms with Crippen molar-refractivity contribution in [3.63, 3.8) is 0 Å². The summed E-state index contributed by atoms with van der Waals surface area (Å²) in [6, 6.07) is 13.4. The van der Waals surface area contributed by atoms with E-state index in [4.69, 9.17) is 0 Å². The summed E-state index contributed by atoms with van der Waals surface area (Å²) in [5, 5.41) is 3.87. The molecular formula is C30H36F2N4O. The average Bonchev–Trinajstić information content (AvgIpc) is 3.34. The van der Waals surface area contributed by atoms with E-state index in [1.165, 1.54) is 23.8 Å². The molecule has 0 saturated carbocycles. The van der Waals surface area contributed by atoms with E-state index in [0.717, 1.165) is 81.2 Å². The largest absolute Gasteiger partial charge is 0.394 e. The first-order chi connectivity index (χ1) is 18.0. The summed E-state index contributed by atoms with van der Waals surface area (Å²) < 4.78 is 27.5. The number of H-pyrrole nitrogens is 1. The van der Waals surface area contributed by atoms with Gasteiger partial charge in [-0.05, 0) is 105 Å². The van der Waals surface area contributed by atoms with Crippen LogP contribution in [0.1, 0.15) is 54.6 Å². The Balaban J connectivity index is 1.18. The minimum absolute atomic E-state index is 0.0111. The van der Waals surface area contributed by atoms with Crippen molar-refractivity contribution in [1.29, 1.82) is 0 Å². The van der Waals surface area contributed by atoms with Gasteiger partial charge in [0, 0.05) is 43.3 Å². The highest BCUT2D eigenvalue weighted by Crippen LogP contribution is 2.32. The van der Waals surface area contributed by atoms with E-state index in [0.29, 0.717) is 11.6 Å². The summed E-state index contributed by atoms with van der Waals surface area (Å²) in [7, 11) is 1.89. The summed E-state index contributed by atoms with van der Waals surface area (Å²) in [5.41, 5.74) is 3.44. The lowest BCUT2D eigenvalue weighted by atomic mass is 9.85. The van der Waals surface area contributed by atoms with Crippen LogP contribution < -0.4 is 5.32 Å². The van der Waals surface area contributed by atoms with Gasteiger partial charge in [0.15, 0.2) is 0 Å². The number of piperidine rings is 2. The summed E-state index contributed by atoms with van der Waals surface area (Å²) in [6.45, 7) is 3.72. The number of carbonyl (C=O) groups is 1. The third-order valence-corrected chi connectivity index (χ3v) is 7.96. The fourth-order valence-electron chi connectivity index (χ4n) is 6.00. The second kappa shape index (κ2) is 11.5. The van der Waals surface area contributed by atoms with Crippen LogP contribution in [0.3, 0.4) is 0 Å². The zero-order valence-electron chi connectivity index (χ0n) is 21.5. The molecule has 2 N–H and O–H groups in total. The van der Waals surface area contributed by atoms with Crippen LogP contribution in [-0.2, 0) is 0 Å². The summed E-state index contributed by atoms with van der Waals surface area (Å²) in [6.07, 6.45) is 8.20. The number of carbonyl (C=O) groups excluding carboxylic acids is 1. The molecule has 1 amide bonds. The second-order valence-corrected chi connectivity index (χ2v) is 10.4. The van der Waals surface area contributed by atoms with Crippen molar-refractivity contribution >= 4 is 22.4 Å². The Morgan fingerprint density at radius 2 is 1.84 bits per heavy atom. The van der Waals surface area contributed by atoms with Gasteiger partial charge in [-0.25, -0.2) is 8.78 Å². The molecule has 2 fully saturated rings. The number of halogens is 2. The Bertz CT molecular complexity index is 1260. The minimum atomic E-state index is -0.297. The fraction of sp³-hybridized carbons (Fsp3) is 0.433. The predicted molar refractivity (Wildman–Crippen MR) is 144 cm³/mol. The molecule has 7 heteroatoms. The third-order valence-electron chi connectivity index (χ3n) is 7.96. The number of hydrogen-bond donors (Lipinski definition) is 2. The molecule has 196 valence electrons. The molecule has 0 spiro atoms. The van der Waals surface area contributed by atoms with Crippen LogP contribution in [0.25, 0.3) is 16.5 Å². The third kappa shape index (κ3) is 5.87. The molecule has 5 rings (SSSR count). The zero-order valence-corrected chi connectivity index (χ0v) is 21.5. The maximum absolute atomic E-state index is 13.8. The number of rotatable bonds is 7. The molecule has 1 atom stereocenters. The van der Waals surface area contributed by atoms with E-state index in [1.54, 1.807) is 24.3 Å². The average molecular weight is 507 g/mol. The van der Waals surface area contributed by atoms with Crippen LogP contribution in [0.4, 0.5) is 8.78 Å². The van der Waals surface area contributed by atoms with Gasteiger partial charge in [-0.1, -0.05) is 12.1 Å². The van der Waals surface area contributed by atoms with Gasteiger partial charge in [0.2, 0.25) is 0 Å². The van der Waals surface area contributed by atoms with E-state index < -0.39 is 0 Å². The van der Waals surface area contributed by atoms with Crippen LogP contribution in [0.5, 0.6) is 0 Å². The molecule has 0 bridgehead atoms. The predicted octanol–water partition coefficient (Wildman–Crippen LogP) is 5.80. The normalized spacial score (nSPS) is 19.9. The van der Waals surface area contributed by atoms with Crippen LogP contribution in [0.2, 0.25) is 0 Å². The number of likely N-dealkylation sites (tertiary alicyclic amines) is 2. The van der Waals surface area contributed by atoms with Crippen LogP contribution in [0, 0.1) is 17.6 Å². The molecule has 2 saturated heterocycles. The molecule has 3 aromatic rings. The highest BCUT2D eigenvalue weighted by molar-refractivity contribution is 5.98. The molecule has 2 aromatic carbocycles. The number of nitrogens with zero attached hydrogens (tertiary/aromatic N) is 2. The molecule has 37 heavy (non-hydrogen) atoms. The first kappa shape index (κ1) is 25.5. The van der Waals surface area contributed by atoms with Gasteiger partial charge in [0.25, 0.3) is 5.91 Å². The molecule has 1 aromatic heterocycles. The number of fused-ring (bicyclic) bond motifs is 1. The lowest BCUT2D eigenvalue weighted by molar-refractivity contribution is 0.0572. The molecule has 5 nitrogen and oxygen atoms in total. The lowest BCUT2D eigenvalue weighted by Gasteiger charge is -2.38. The van der Waals surface area contributed by atoms with Crippen molar-refractivity contribution in [2.75, 3.05) is 33.2 Å². The number of allylic oxidation sites excluding steroid dienone is 1. The van der Waals surface area contributed by atoms with Gasteiger partial charge >= 0.3 is 0 Å². The Kier molecular flexibility index (Phi) is 7.89. The monoisotopic (exact) mass is 506 g/mol. The van der Waals surface area contributed by atoms with Gasteiger partial charge in [-0.2, -0.15) is 0 Å². The van der Waals surface area contributed by atoms with Crippen molar-refractivity contribution in [3.8, 4) is 0 Å². The maximum Gasteiger partial charge on any atom is 0.270 e. The first-order valence-electron chi connectivity index (χ1n) is 13.5. The van der Waals surface area contributed by atoms with Crippen molar-refractivity contribution in [3.05, 3.63) is 77.6 Å². The van der Waals surface area contributed by atoms with Crippen molar-refractivity contribution in [2.24, 2.45) is 5.92 Å². The fourth-order valence-corrected chi connectivity index (χ4v) is 6.00. The van der Waals surface area contributed by atoms with Crippen LogP contribution in [0.15, 0.2) is 54.7 Å². The Morgan fingerprint density at radius 1 is 1.03 bits per heavy atom. The molecule has 0 radical (unpaired) electrons. The summed E-state index contributed by atoms with van der Waals surface area (Å²) in [5.74, 6) is -0.0974. The molecule has 3 heterocycles. The number of amides is 1. The SMILES string of the molecule is CN/C=C(\c1cccc(F)c1)C1CCN(CC[C@@H]2CCCCN2C(=O)c2cc3cc(F)ccc3[nH]2)CC1. The van der Waals surface area contributed by atoms with Gasteiger partial charge in [0.1, 0.15) is 17.3 Å². The summed E-state index contributed by atoms with van der Waals surface area (Å²) >= 11 is 0. The number of benzene rings is 2. The Labute approximate surface area is 217 Å². The smallest absolute Gasteiger partial charge is 0.270 e. The highest BCUT2D eigenvalue weighted by atomic mass is 19.1. The zero-order chi connectivity index (χ0) is 25.8. The quantitative estimate of drug-likeness (QED) is 0.426.